The average Bonchev–Trinajstić information content (AvgIpc) is 3.04. The Morgan fingerprint density at radius 2 is 2.04 bits per heavy atom. The molecule has 124 valence electrons. The summed E-state index contributed by atoms with van der Waals surface area (Å²) in [5.74, 6) is -0.369. The van der Waals surface area contributed by atoms with Crippen molar-refractivity contribution in [2.45, 2.75) is 39.3 Å². The number of rotatable bonds is 8. The van der Waals surface area contributed by atoms with Crippen LogP contribution >= 0.6 is 11.3 Å². The summed E-state index contributed by atoms with van der Waals surface area (Å²) in [6.07, 6.45) is 3.10. The Morgan fingerprint density at radius 1 is 1.30 bits per heavy atom. The van der Waals surface area contributed by atoms with Crippen LogP contribution in [0, 0.1) is 5.82 Å². The largest absolute Gasteiger partial charge is 0.333 e. The Kier molecular flexibility index (Phi) is 6.67. The summed E-state index contributed by atoms with van der Waals surface area (Å²) in [6.45, 7) is 3.59. The number of benzene rings is 1. The molecular formula is C17H22FN3OS. The number of thiazole rings is 1. The molecule has 23 heavy (non-hydrogen) atoms. The van der Waals surface area contributed by atoms with E-state index in [4.69, 9.17) is 5.73 Å². The summed E-state index contributed by atoms with van der Waals surface area (Å²) in [5, 5.41) is 2.51. The van der Waals surface area contributed by atoms with Crippen LogP contribution in [0.15, 0.2) is 29.6 Å². The first-order valence-corrected chi connectivity index (χ1v) is 8.70. The number of amides is 1. The van der Waals surface area contributed by atoms with E-state index in [0.717, 1.165) is 29.8 Å². The maximum Gasteiger partial charge on any atom is 0.273 e. The van der Waals surface area contributed by atoms with Gasteiger partial charge in [0.05, 0.1) is 0 Å². The highest BCUT2D eigenvalue weighted by Crippen LogP contribution is 2.15. The van der Waals surface area contributed by atoms with Crippen LogP contribution < -0.4 is 5.73 Å². The molecule has 0 saturated carbocycles. The molecule has 0 saturated heterocycles. The molecule has 1 aromatic carbocycles. The van der Waals surface area contributed by atoms with Crippen LogP contribution in [-0.2, 0) is 13.1 Å². The zero-order valence-corrected chi connectivity index (χ0v) is 14.1. The van der Waals surface area contributed by atoms with Gasteiger partial charge in [0.25, 0.3) is 5.91 Å². The lowest BCUT2D eigenvalue weighted by atomic mass is 10.2. The fourth-order valence-corrected chi connectivity index (χ4v) is 2.93. The Hall–Kier alpha value is -1.79. The van der Waals surface area contributed by atoms with Crippen molar-refractivity contribution in [3.8, 4) is 0 Å². The highest BCUT2D eigenvalue weighted by atomic mass is 32.1. The van der Waals surface area contributed by atoms with Crippen molar-refractivity contribution in [3.05, 3.63) is 51.7 Å². The average molecular weight is 335 g/mol. The van der Waals surface area contributed by atoms with E-state index < -0.39 is 0 Å². The fourth-order valence-electron chi connectivity index (χ4n) is 2.28. The number of carbonyl (C=O) groups is 1. The third kappa shape index (κ3) is 5.11. The van der Waals surface area contributed by atoms with Gasteiger partial charge in [-0.15, -0.1) is 11.3 Å². The maximum atomic E-state index is 13.0. The van der Waals surface area contributed by atoms with Gasteiger partial charge >= 0.3 is 0 Å². The predicted octanol–water partition coefficient (Wildman–Crippen LogP) is 3.57. The first-order valence-electron chi connectivity index (χ1n) is 7.82. The van der Waals surface area contributed by atoms with Crippen molar-refractivity contribution in [1.29, 1.82) is 0 Å². The quantitative estimate of drug-likeness (QED) is 0.750. The van der Waals surface area contributed by atoms with Crippen LogP contribution in [0.5, 0.6) is 0 Å². The van der Waals surface area contributed by atoms with Crippen LogP contribution in [-0.4, -0.2) is 22.3 Å². The smallest absolute Gasteiger partial charge is 0.273 e. The third-order valence-electron chi connectivity index (χ3n) is 3.55. The first kappa shape index (κ1) is 17.6. The summed E-state index contributed by atoms with van der Waals surface area (Å²) in [5.41, 5.74) is 6.91. The van der Waals surface area contributed by atoms with Gasteiger partial charge in [0, 0.05) is 25.0 Å². The summed E-state index contributed by atoms with van der Waals surface area (Å²) in [7, 11) is 0. The van der Waals surface area contributed by atoms with Crippen molar-refractivity contribution < 1.29 is 9.18 Å². The van der Waals surface area contributed by atoms with E-state index in [1.807, 2.05) is 0 Å². The van der Waals surface area contributed by atoms with Crippen molar-refractivity contribution in [1.82, 2.24) is 9.88 Å². The molecule has 4 nitrogen and oxygen atoms in total. The van der Waals surface area contributed by atoms with Gasteiger partial charge in [-0.2, -0.15) is 0 Å². The molecule has 0 radical (unpaired) electrons. The van der Waals surface area contributed by atoms with E-state index in [-0.39, 0.29) is 11.7 Å². The maximum absolute atomic E-state index is 13.0. The molecule has 0 unspecified atom stereocenters. The Bertz CT molecular complexity index is 627. The second-order valence-electron chi connectivity index (χ2n) is 5.39. The van der Waals surface area contributed by atoms with Crippen molar-refractivity contribution >= 4 is 17.2 Å². The minimum atomic E-state index is -0.273. The summed E-state index contributed by atoms with van der Waals surface area (Å²) in [4.78, 5) is 18.7. The van der Waals surface area contributed by atoms with Gasteiger partial charge in [-0.1, -0.05) is 31.9 Å². The van der Waals surface area contributed by atoms with Crippen LogP contribution in [0.3, 0.4) is 0 Å². The molecule has 2 aromatic rings. The van der Waals surface area contributed by atoms with Gasteiger partial charge in [0.1, 0.15) is 16.5 Å². The Labute approximate surface area is 140 Å². The van der Waals surface area contributed by atoms with E-state index in [2.05, 4.69) is 11.9 Å². The van der Waals surface area contributed by atoms with Gasteiger partial charge in [0.15, 0.2) is 0 Å². The van der Waals surface area contributed by atoms with Crippen molar-refractivity contribution in [3.63, 3.8) is 0 Å². The van der Waals surface area contributed by atoms with Gasteiger partial charge in [-0.3, -0.25) is 4.79 Å². The predicted molar refractivity (Wildman–Crippen MR) is 90.7 cm³/mol. The van der Waals surface area contributed by atoms with Gasteiger partial charge < -0.3 is 10.6 Å². The molecule has 6 heteroatoms. The summed E-state index contributed by atoms with van der Waals surface area (Å²) >= 11 is 1.40. The molecule has 1 amide bonds. The highest BCUT2D eigenvalue weighted by molar-refractivity contribution is 7.09. The van der Waals surface area contributed by atoms with Crippen LogP contribution in [0.25, 0.3) is 0 Å². The van der Waals surface area contributed by atoms with E-state index in [1.165, 1.54) is 23.5 Å². The number of nitrogens with zero attached hydrogens (tertiary/aromatic N) is 2. The number of halogens is 1. The Morgan fingerprint density at radius 3 is 2.65 bits per heavy atom. The van der Waals surface area contributed by atoms with Gasteiger partial charge in [0.2, 0.25) is 0 Å². The number of hydrogen-bond acceptors (Lipinski definition) is 4. The number of nitrogens with two attached hydrogens (primary N) is 1. The van der Waals surface area contributed by atoms with E-state index in [0.29, 0.717) is 25.3 Å². The molecule has 1 heterocycles. The fraction of sp³-hybridized carbons (Fsp3) is 0.412. The molecule has 1 aromatic heterocycles. The second-order valence-corrected chi connectivity index (χ2v) is 6.33. The number of carbonyl (C=O) groups excluding carboxylic acids is 1. The van der Waals surface area contributed by atoms with Crippen molar-refractivity contribution in [2.24, 2.45) is 5.73 Å². The molecule has 0 aliphatic heterocycles. The molecule has 0 atom stereocenters. The molecule has 2 N–H and O–H groups in total. The van der Waals surface area contributed by atoms with Gasteiger partial charge in [-0.25, -0.2) is 9.37 Å². The minimum absolute atomic E-state index is 0.0959. The number of aromatic nitrogens is 1. The SMILES string of the molecule is CCCCCN(Cc1ccc(F)cc1)C(=O)c1csc(CN)n1. The molecule has 2 rings (SSSR count). The lowest BCUT2D eigenvalue weighted by molar-refractivity contribution is 0.0734. The normalized spacial score (nSPS) is 10.7. The zero-order chi connectivity index (χ0) is 16.7. The molecular weight excluding hydrogens is 313 g/mol. The first-order chi connectivity index (χ1) is 11.1. The molecule has 0 fully saturated rings. The lowest BCUT2D eigenvalue weighted by Gasteiger charge is -2.22. The third-order valence-corrected chi connectivity index (χ3v) is 4.42. The van der Waals surface area contributed by atoms with E-state index in [9.17, 15) is 9.18 Å². The number of unbranched alkanes of at least 4 members (excludes halogenated alkanes) is 2. The monoisotopic (exact) mass is 335 g/mol. The molecule has 0 aliphatic rings. The standard InChI is InChI=1S/C17H22FN3OS/c1-2-3-4-9-21(11-13-5-7-14(18)8-6-13)17(22)15-12-23-16(10-19)20-15/h5-8,12H,2-4,9-11,19H2,1H3. The van der Waals surface area contributed by atoms with Crippen LogP contribution in [0.2, 0.25) is 0 Å². The number of hydrogen-bond donors (Lipinski definition) is 1. The topological polar surface area (TPSA) is 59.2 Å². The summed E-state index contributed by atoms with van der Waals surface area (Å²) < 4.78 is 13.0. The summed E-state index contributed by atoms with van der Waals surface area (Å²) in [6, 6.07) is 6.25. The van der Waals surface area contributed by atoms with Gasteiger partial charge in [-0.05, 0) is 24.1 Å². The Balaban J connectivity index is 2.11. The minimum Gasteiger partial charge on any atom is -0.333 e. The lowest BCUT2D eigenvalue weighted by Crippen LogP contribution is -2.31. The highest BCUT2D eigenvalue weighted by Gasteiger charge is 2.18. The van der Waals surface area contributed by atoms with Crippen molar-refractivity contribution in [2.75, 3.05) is 6.54 Å². The van der Waals surface area contributed by atoms with E-state index in [1.54, 1.807) is 22.4 Å². The molecule has 0 bridgehead atoms. The van der Waals surface area contributed by atoms with Crippen LogP contribution in [0.1, 0.15) is 47.2 Å². The zero-order valence-electron chi connectivity index (χ0n) is 13.3. The van der Waals surface area contributed by atoms with E-state index >= 15 is 0 Å². The second kappa shape index (κ2) is 8.74. The molecule has 0 aliphatic carbocycles. The van der Waals surface area contributed by atoms with Crippen LogP contribution in [0.4, 0.5) is 4.39 Å². The molecule has 0 spiro atoms.